The lowest BCUT2D eigenvalue weighted by Gasteiger charge is -2.27. The quantitative estimate of drug-likeness (QED) is 0.495. The predicted molar refractivity (Wildman–Crippen MR) is 112 cm³/mol. The molecule has 2 aromatic carbocycles. The van der Waals surface area contributed by atoms with E-state index in [1.165, 1.54) is 23.9 Å². The number of nitrogens with zero attached hydrogens (tertiary/aromatic N) is 2. The van der Waals surface area contributed by atoms with Crippen molar-refractivity contribution < 1.29 is 9.18 Å². The van der Waals surface area contributed by atoms with Crippen molar-refractivity contribution in [3.8, 4) is 0 Å². The molecule has 1 aliphatic heterocycles. The zero-order valence-electron chi connectivity index (χ0n) is 15.5. The lowest BCUT2D eigenvalue weighted by molar-refractivity contribution is -0.116. The third-order valence-corrected chi connectivity index (χ3v) is 6.17. The minimum absolute atomic E-state index is 0.159. The van der Waals surface area contributed by atoms with E-state index in [9.17, 15) is 14.0 Å². The summed E-state index contributed by atoms with van der Waals surface area (Å²) in [6.07, 6.45) is 0.159. The van der Waals surface area contributed by atoms with Crippen LogP contribution in [0.1, 0.15) is 29.0 Å². The maximum atomic E-state index is 13.1. The van der Waals surface area contributed by atoms with Crippen LogP contribution in [-0.2, 0) is 17.6 Å². The van der Waals surface area contributed by atoms with Crippen molar-refractivity contribution in [1.29, 1.82) is 0 Å². The van der Waals surface area contributed by atoms with Crippen molar-refractivity contribution in [3.63, 3.8) is 0 Å². The predicted octanol–water partition coefficient (Wildman–Crippen LogP) is 4.34. The minimum atomic E-state index is -0.403. The van der Waals surface area contributed by atoms with Crippen LogP contribution in [0.4, 0.5) is 10.2 Å². The first kappa shape index (κ1) is 19.7. The number of carbonyl (C=O) groups excluding carboxylic acids is 1. The zero-order chi connectivity index (χ0) is 20.5. The molecule has 1 amide bonds. The molecule has 1 atom stereocenters. The number of carbonyl (C=O) groups is 1. The molecule has 0 spiro atoms. The number of hydrogen-bond acceptors (Lipinski definition) is 4. The average molecular weight is 430 g/mol. The Hall–Kier alpha value is -2.64. The van der Waals surface area contributed by atoms with Crippen molar-refractivity contribution in [2.24, 2.45) is 7.05 Å². The van der Waals surface area contributed by atoms with E-state index in [-0.39, 0.29) is 23.7 Å². The van der Waals surface area contributed by atoms with E-state index < -0.39 is 5.92 Å². The first-order valence-corrected chi connectivity index (χ1v) is 10.3. The molecule has 0 aliphatic carbocycles. The third kappa shape index (κ3) is 4.06. The molecule has 1 aromatic heterocycles. The number of rotatable bonds is 4. The summed E-state index contributed by atoms with van der Waals surface area (Å²) in [6, 6.07) is 13.3. The van der Waals surface area contributed by atoms with Crippen LogP contribution >= 0.6 is 23.4 Å². The molecule has 1 N–H and O–H groups in total. The van der Waals surface area contributed by atoms with Crippen molar-refractivity contribution in [2.75, 3.05) is 5.32 Å². The second kappa shape index (κ2) is 8.00. The highest BCUT2D eigenvalue weighted by atomic mass is 35.5. The SMILES string of the molecule is Cn1c(SCc2ccc(F)cc2)nc(=O)c2c1NC(=O)CC2c1cccc(Cl)c1. The summed E-state index contributed by atoms with van der Waals surface area (Å²) in [5.74, 6) is 0.101. The van der Waals surface area contributed by atoms with Gasteiger partial charge in [-0.1, -0.05) is 47.6 Å². The van der Waals surface area contributed by atoms with Gasteiger partial charge in [0.05, 0.1) is 5.56 Å². The van der Waals surface area contributed by atoms with Gasteiger partial charge >= 0.3 is 0 Å². The van der Waals surface area contributed by atoms with Crippen molar-refractivity contribution in [2.45, 2.75) is 23.2 Å². The van der Waals surface area contributed by atoms with Crippen molar-refractivity contribution in [3.05, 3.63) is 86.4 Å². The molecule has 0 saturated carbocycles. The molecular weight excluding hydrogens is 413 g/mol. The topological polar surface area (TPSA) is 64.0 Å². The first-order valence-electron chi connectivity index (χ1n) is 8.96. The molecule has 0 bridgehead atoms. The summed E-state index contributed by atoms with van der Waals surface area (Å²) in [7, 11) is 1.76. The minimum Gasteiger partial charge on any atom is -0.312 e. The summed E-state index contributed by atoms with van der Waals surface area (Å²) in [4.78, 5) is 29.5. The van der Waals surface area contributed by atoms with Crippen molar-refractivity contribution in [1.82, 2.24) is 9.55 Å². The van der Waals surface area contributed by atoms with Gasteiger partial charge in [-0.3, -0.25) is 9.59 Å². The number of amides is 1. The number of anilines is 1. The molecule has 3 aromatic rings. The monoisotopic (exact) mass is 429 g/mol. The Morgan fingerprint density at radius 1 is 1.24 bits per heavy atom. The van der Waals surface area contributed by atoms with E-state index in [0.717, 1.165) is 11.1 Å². The molecule has 2 heterocycles. The fourth-order valence-corrected chi connectivity index (χ4v) is 4.52. The van der Waals surface area contributed by atoms with Crippen LogP contribution in [0.25, 0.3) is 0 Å². The molecule has 0 radical (unpaired) electrons. The van der Waals surface area contributed by atoms with Crippen LogP contribution in [0, 0.1) is 5.82 Å². The summed E-state index contributed by atoms with van der Waals surface area (Å²) >= 11 is 7.46. The van der Waals surface area contributed by atoms with Gasteiger partial charge in [0.1, 0.15) is 11.6 Å². The summed E-state index contributed by atoms with van der Waals surface area (Å²) in [5, 5.41) is 3.84. The molecule has 1 aliphatic rings. The molecule has 1 unspecified atom stereocenters. The van der Waals surface area contributed by atoms with Gasteiger partial charge in [-0.25, -0.2) is 4.39 Å². The molecule has 148 valence electrons. The third-order valence-electron chi connectivity index (χ3n) is 4.83. The smallest absolute Gasteiger partial charge is 0.279 e. The summed E-state index contributed by atoms with van der Waals surface area (Å²) in [5.41, 5.74) is 1.80. The molecule has 0 saturated heterocycles. The van der Waals surface area contributed by atoms with Crippen molar-refractivity contribution >= 4 is 35.1 Å². The molecule has 0 fully saturated rings. The lowest BCUT2D eigenvalue weighted by atomic mass is 9.87. The Morgan fingerprint density at radius 2 is 2.00 bits per heavy atom. The van der Waals surface area contributed by atoms with Crippen LogP contribution in [0.15, 0.2) is 58.5 Å². The van der Waals surface area contributed by atoms with Gasteiger partial charge in [-0.15, -0.1) is 0 Å². The number of thioether (sulfide) groups is 1. The zero-order valence-corrected chi connectivity index (χ0v) is 17.1. The van der Waals surface area contributed by atoms with E-state index in [0.29, 0.717) is 27.3 Å². The maximum absolute atomic E-state index is 13.1. The Balaban J connectivity index is 1.71. The summed E-state index contributed by atoms with van der Waals surface area (Å²) < 4.78 is 14.8. The highest BCUT2D eigenvalue weighted by Gasteiger charge is 2.32. The standard InChI is InChI=1S/C21H17ClFN3O2S/c1-26-19-18(16(10-17(27)24-19)13-3-2-4-14(22)9-13)20(28)25-21(26)29-11-12-5-7-15(23)8-6-12/h2-9,16H,10-11H2,1H3,(H,24,27). The van der Waals surface area contributed by atoms with Gasteiger partial charge in [0.15, 0.2) is 5.16 Å². The number of aromatic nitrogens is 2. The average Bonchev–Trinajstić information content (AvgIpc) is 2.70. The van der Waals surface area contributed by atoms with Gasteiger partial charge in [0, 0.05) is 30.2 Å². The van der Waals surface area contributed by atoms with E-state index in [4.69, 9.17) is 11.6 Å². The number of fused-ring (bicyclic) bond motifs is 1. The van der Waals surface area contributed by atoms with Gasteiger partial charge in [-0.2, -0.15) is 4.98 Å². The lowest BCUT2D eigenvalue weighted by Crippen LogP contribution is -2.33. The fourth-order valence-electron chi connectivity index (χ4n) is 3.40. The van der Waals surface area contributed by atoms with Gasteiger partial charge in [0.2, 0.25) is 5.91 Å². The van der Waals surface area contributed by atoms with Crippen LogP contribution in [0.2, 0.25) is 5.02 Å². The number of nitrogens with one attached hydrogen (secondary N) is 1. The molecule has 5 nitrogen and oxygen atoms in total. The Bertz CT molecular complexity index is 1150. The highest BCUT2D eigenvalue weighted by molar-refractivity contribution is 7.98. The van der Waals surface area contributed by atoms with Gasteiger partial charge < -0.3 is 9.88 Å². The second-order valence-electron chi connectivity index (χ2n) is 6.80. The number of benzene rings is 2. The fraction of sp³-hybridized carbons (Fsp3) is 0.190. The van der Waals surface area contributed by atoms with E-state index in [1.54, 1.807) is 41.9 Å². The largest absolute Gasteiger partial charge is 0.312 e. The van der Waals surface area contributed by atoms with E-state index >= 15 is 0 Å². The highest BCUT2D eigenvalue weighted by Crippen LogP contribution is 2.36. The van der Waals surface area contributed by atoms with Crippen LogP contribution in [0.5, 0.6) is 0 Å². The summed E-state index contributed by atoms with van der Waals surface area (Å²) in [6.45, 7) is 0. The van der Waals surface area contributed by atoms with Crippen LogP contribution < -0.4 is 10.9 Å². The number of hydrogen-bond donors (Lipinski definition) is 1. The number of halogens is 2. The van der Waals surface area contributed by atoms with E-state index in [1.807, 2.05) is 6.07 Å². The Kier molecular flexibility index (Phi) is 5.43. The van der Waals surface area contributed by atoms with Crippen LogP contribution in [-0.4, -0.2) is 15.5 Å². The molecular formula is C21H17ClFN3O2S. The van der Waals surface area contributed by atoms with Crippen LogP contribution in [0.3, 0.4) is 0 Å². The van der Waals surface area contributed by atoms with E-state index in [2.05, 4.69) is 10.3 Å². The molecule has 4 rings (SSSR count). The van der Waals surface area contributed by atoms with Gasteiger partial charge in [-0.05, 0) is 35.4 Å². The molecule has 29 heavy (non-hydrogen) atoms. The maximum Gasteiger partial charge on any atom is 0.279 e. The Labute approximate surface area is 175 Å². The second-order valence-corrected chi connectivity index (χ2v) is 8.17. The normalized spacial score (nSPS) is 15.7. The van der Waals surface area contributed by atoms with Gasteiger partial charge in [0.25, 0.3) is 5.56 Å². The first-order chi connectivity index (χ1) is 13.9. The Morgan fingerprint density at radius 3 is 2.72 bits per heavy atom. The molecule has 8 heteroatoms.